The average Bonchev–Trinajstić information content (AvgIpc) is 3.33. The topological polar surface area (TPSA) is 57.7 Å². The average molecular weight is 352 g/mol. The number of hydrogen-bond acceptors (Lipinski definition) is 3. The maximum atomic E-state index is 12.7. The highest BCUT2D eigenvalue weighted by Crippen LogP contribution is 2.52. The minimum atomic E-state index is -0.181. The normalized spacial score (nSPS) is 28.7. The molecule has 2 aliphatic carbocycles. The maximum Gasteiger partial charge on any atom is 0.233 e. The summed E-state index contributed by atoms with van der Waals surface area (Å²) in [5.41, 5.74) is 1.08. The molecule has 136 valence electrons. The third-order valence-corrected chi connectivity index (χ3v) is 6.06. The molecule has 26 heavy (non-hydrogen) atoms. The van der Waals surface area contributed by atoms with Crippen LogP contribution in [0.4, 0.5) is 0 Å². The molecular weight excluding hydrogens is 328 g/mol. The van der Waals surface area contributed by atoms with Crippen molar-refractivity contribution in [3.05, 3.63) is 48.0 Å². The van der Waals surface area contributed by atoms with E-state index >= 15 is 0 Å². The van der Waals surface area contributed by atoms with Crippen LogP contribution in [0.5, 0.6) is 0 Å². The third kappa shape index (κ3) is 2.75. The van der Waals surface area contributed by atoms with Crippen molar-refractivity contribution >= 4 is 17.7 Å². The zero-order valence-electron chi connectivity index (χ0n) is 15.0. The lowest BCUT2D eigenvalue weighted by Gasteiger charge is -2.23. The Morgan fingerprint density at radius 1 is 1.08 bits per heavy atom. The SMILES string of the molecule is CCN(Cc1ccccc1)C(=O)CCN1C(=O)[C@H]2[C@H](C1=O)[C@H]1C=C[C@H]2C1. The maximum absolute atomic E-state index is 12.7. The van der Waals surface area contributed by atoms with Crippen LogP contribution in [0, 0.1) is 23.7 Å². The summed E-state index contributed by atoms with van der Waals surface area (Å²) in [6, 6.07) is 9.85. The van der Waals surface area contributed by atoms with Crippen LogP contribution in [-0.4, -0.2) is 40.6 Å². The number of fused-ring (bicyclic) bond motifs is 5. The number of imide groups is 1. The first-order valence-electron chi connectivity index (χ1n) is 9.45. The van der Waals surface area contributed by atoms with E-state index in [0.29, 0.717) is 13.1 Å². The molecule has 0 unspecified atom stereocenters. The largest absolute Gasteiger partial charge is 0.339 e. The Hall–Kier alpha value is -2.43. The van der Waals surface area contributed by atoms with Gasteiger partial charge in [0, 0.05) is 26.1 Å². The number of hydrogen-bond donors (Lipinski definition) is 0. The second-order valence-corrected chi connectivity index (χ2v) is 7.47. The van der Waals surface area contributed by atoms with Crippen LogP contribution >= 0.6 is 0 Å². The van der Waals surface area contributed by atoms with Gasteiger partial charge in [-0.1, -0.05) is 42.5 Å². The van der Waals surface area contributed by atoms with Crippen molar-refractivity contribution in [2.45, 2.75) is 26.3 Å². The highest BCUT2D eigenvalue weighted by molar-refractivity contribution is 6.06. The number of benzene rings is 1. The molecule has 1 aromatic carbocycles. The third-order valence-electron chi connectivity index (χ3n) is 6.06. The molecule has 1 saturated carbocycles. The van der Waals surface area contributed by atoms with Crippen LogP contribution < -0.4 is 0 Å². The first-order chi connectivity index (χ1) is 12.6. The number of carbonyl (C=O) groups excluding carboxylic acids is 3. The minimum absolute atomic E-state index is 0.0184. The Balaban J connectivity index is 1.37. The Morgan fingerprint density at radius 2 is 1.69 bits per heavy atom. The lowest BCUT2D eigenvalue weighted by molar-refractivity contribution is -0.141. The number of allylic oxidation sites excluding steroid dienone is 2. The summed E-state index contributed by atoms with van der Waals surface area (Å²) in [5, 5.41) is 0. The van der Waals surface area contributed by atoms with Crippen molar-refractivity contribution < 1.29 is 14.4 Å². The molecule has 5 nitrogen and oxygen atoms in total. The predicted molar refractivity (Wildman–Crippen MR) is 96.6 cm³/mol. The molecule has 3 amide bonds. The van der Waals surface area contributed by atoms with Crippen LogP contribution in [0.2, 0.25) is 0 Å². The van der Waals surface area contributed by atoms with Gasteiger partial charge in [-0.05, 0) is 30.7 Å². The lowest BCUT2D eigenvalue weighted by atomic mass is 9.85. The van der Waals surface area contributed by atoms with E-state index in [9.17, 15) is 14.4 Å². The van der Waals surface area contributed by atoms with Crippen LogP contribution in [0.25, 0.3) is 0 Å². The summed E-state index contributed by atoms with van der Waals surface area (Å²) >= 11 is 0. The van der Waals surface area contributed by atoms with E-state index < -0.39 is 0 Å². The zero-order chi connectivity index (χ0) is 18.3. The van der Waals surface area contributed by atoms with E-state index in [-0.39, 0.29) is 54.4 Å². The highest BCUT2D eigenvalue weighted by Gasteiger charge is 2.59. The molecule has 0 radical (unpaired) electrons. The van der Waals surface area contributed by atoms with Crippen molar-refractivity contribution in [1.29, 1.82) is 0 Å². The van der Waals surface area contributed by atoms with Gasteiger partial charge in [-0.15, -0.1) is 0 Å². The van der Waals surface area contributed by atoms with E-state index in [1.165, 1.54) is 4.90 Å². The molecule has 2 fully saturated rings. The molecule has 0 N–H and O–H groups in total. The number of rotatable bonds is 6. The van der Waals surface area contributed by atoms with Crippen LogP contribution in [0.15, 0.2) is 42.5 Å². The number of amides is 3. The fraction of sp³-hybridized carbons (Fsp3) is 0.476. The molecule has 4 rings (SSSR count). The number of carbonyl (C=O) groups is 3. The molecule has 4 atom stereocenters. The van der Waals surface area contributed by atoms with E-state index in [1.807, 2.05) is 37.3 Å². The molecule has 1 saturated heterocycles. The highest BCUT2D eigenvalue weighted by atomic mass is 16.2. The van der Waals surface area contributed by atoms with Gasteiger partial charge in [-0.25, -0.2) is 0 Å². The van der Waals surface area contributed by atoms with Gasteiger partial charge in [-0.3, -0.25) is 19.3 Å². The second-order valence-electron chi connectivity index (χ2n) is 7.47. The van der Waals surface area contributed by atoms with E-state index in [4.69, 9.17) is 0 Å². The van der Waals surface area contributed by atoms with E-state index in [2.05, 4.69) is 12.2 Å². The van der Waals surface area contributed by atoms with Gasteiger partial charge in [-0.2, -0.15) is 0 Å². The summed E-state index contributed by atoms with van der Waals surface area (Å²) in [4.78, 5) is 41.1. The molecule has 0 spiro atoms. The monoisotopic (exact) mass is 352 g/mol. The summed E-state index contributed by atoms with van der Waals surface area (Å²) in [7, 11) is 0. The fourth-order valence-electron chi connectivity index (χ4n) is 4.73. The predicted octanol–water partition coefficient (Wildman–Crippen LogP) is 2.23. The van der Waals surface area contributed by atoms with Gasteiger partial charge in [0.05, 0.1) is 11.8 Å². The molecule has 1 aliphatic heterocycles. The number of likely N-dealkylation sites (tertiary alicyclic amines) is 1. The Kier molecular flexibility index (Phi) is 4.39. The van der Waals surface area contributed by atoms with Gasteiger partial charge >= 0.3 is 0 Å². The van der Waals surface area contributed by atoms with Crippen LogP contribution in [0.3, 0.4) is 0 Å². The Bertz CT molecular complexity index is 728. The zero-order valence-corrected chi connectivity index (χ0v) is 15.0. The first kappa shape index (κ1) is 17.0. The smallest absolute Gasteiger partial charge is 0.233 e. The van der Waals surface area contributed by atoms with Crippen LogP contribution in [-0.2, 0) is 20.9 Å². The van der Waals surface area contributed by atoms with Crippen LogP contribution in [0.1, 0.15) is 25.3 Å². The lowest BCUT2D eigenvalue weighted by Crippen LogP contribution is -2.38. The Labute approximate surface area is 153 Å². The van der Waals surface area contributed by atoms with E-state index in [0.717, 1.165) is 12.0 Å². The molecular formula is C21H24N2O3. The minimum Gasteiger partial charge on any atom is -0.339 e. The van der Waals surface area contributed by atoms with Crippen molar-refractivity contribution in [3.63, 3.8) is 0 Å². The van der Waals surface area contributed by atoms with Gasteiger partial charge in [0.1, 0.15) is 0 Å². The molecule has 1 heterocycles. The van der Waals surface area contributed by atoms with Gasteiger partial charge < -0.3 is 4.90 Å². The number of nitrogens with zero attached hydrogens (tertiary/aromatic N) is 2. The first-order valence-corrected chi connectivity index (χ1v) is 9.45. The summed E-state index contributed by atoms with van der Waals surface area (Å²) < 4.78 is 0. The molecule has 0 aromatic heterocycles. The van der Waals surface area contributed by atoms with E-state index in [1.54, 1.807) is 4.90 Å². The molecule has 1 aromatic rings. The Morgan fingerprint density at radius 3 is 2.27 bits per heavy atom. The van der Waals surface area contributed by atoms with Crippen molar-refractivity contribution in [2.75, 3.05) is 13.1 Å². The summed E-state index contributed by atoms with van der Waals surface area (Å²) in [5.74, 6) is -0.0974. The fourth-order valence-corrected chi connectivity index (χ4v) is 4.73. The second kappa shape index (κ2) is 6.71. The van der Waals surface area contributed by atoms with Gasteiger partial charge in [0.2, 0.25) is 17.7 Å². The van der Waals surface area contributed by atoms with Crippen molar-refractivity contribution in [3.8, 4) is 0 Å². The molecule has 3 aliphatic rings. The molecule has 5 heteroatoms. The van der Waals surface area contributed by atoms with Gasteiger partial charge in [0.15, 0.2) is 0 Å². The summed E-state index contributed by atoms with van der Waals surface area (Å²) in [6.45, 7) is 3.31. The standard InChI is InChI=1S/C21H24N2O3/c1-2-22(13-14-6-4-3-5-7-14)17(24)10-11-23-20(25)18-15-8-9-16(12-15)19(18)21(23)26/h3-9,15-16,18-19H,2,10-13H2,1H3/t15-,16-,18+,19+/m0/s1. The van der Waals surface area contributed by atoms with Crippen molar-refractivity contribution in [1.82, 2.24) is 9.80 Å². The van der Waals surface area contributed by atoms with Gasteiger partial charge in [0.25, 0.3) is 0 Å². The molecule has 2 bridgehead atoms. The quantitative estimate of drug-likeness (QED) is 0.583. The summed E-state index contributed by atoms with van der Waals surface area (Å²) in [6.07, 6.45) is 5.30. The van der Waals surface area contributed by atoms with Crippen molar-refractivity contribution in [2.24, 2.45) is 23.7 Å².